The number of amides is 1. The monoisotopic (exact) mass is 372 g/mol. The number of benzene rings is 1. The second-order valence-corrected chi connectivity index (χ2v) is 7.77. The second kappa shape index (κ2) is 7.86. The van der Waals surface area contributed by atoms with Crippen LogP contribution in [-0.2, 0) is 9.53 Å². The maximum Gasteiger partial charge on any atom is 0.270 e. The van der Waals surface area contributed by atoms with Gasteiger partial charge in [0.1, 0.15) is 17.6 Å². The third-order valence-electron chi connectivity index (χ3n) is 5.96. The lowest BCUT2D eigenvalue weighted by atomic mass is 9.84. The molecule has 0 unspecified atom stereocenters. The number of nitrogens with zero attached hydrogens (tertiary/aromatic N) is 1. The van der Waals surface area contributed by atoms with E-state index in [0.717, 1.165) is 45.3 Å². The van der Waals surface area contributed by atoms with Crippen molar-refractivity contribution in [1.29, 1.82) is 5.41 Å². The Kier molecular flexibility index (Phi) is 5.31. The van der Waals surface area contributed by atoms with Crippen LogP contribution in [0.5, 0.6) is 5.75 Å². The Morgan fingerprint density at radius 3 is 2.63 bits per heavy atom. The van der Waals surface area contributed by atoms with E-state index in [1.54, 1.807) is 18.2 Å². The van der Waals surface area contributed by atoms with Gasteiger partial charge in [0.05, 0.1) is 13.2 Å². The predicted molar refractivity (Wildman–Crippen MR) is 103 cm³/mol. The first-order valence-corrected chi connectivity index (χ1v) is 9.86. The third-order valence-corrected chi connectivity index (χ3v) is 5.96. The summed E-state index contributed by atoms with van der Waals surface area (Å²) in [5, 5.41) is 11.4. The zero-order valence-corrected chi connectivity index (χ0v) is 15.6. The number of hydrogen-bond donors (Lipinski definition) is 3. The van der Waals surface area contributed by atoms with Gasteiger partial charge in [-0.2, -0.15) is 0 Å². The first kappa shape index (κ1) is 18.3. The maximum atomic E-state index is 12.7. The van der Waals surface area contributed by atoms with Crippen LogP contribution in [0.15, 0.2) is 18.2 Å². The summed E-state index contributed by atoms with van der Waals surface area (Å²) in [4.78, 5) is 15.1. The lowest BCUT2D eigenvalue weighted by Crippen LogP contribution is -2.58. The van der Waals surface area contributed by atoms with E-state index in [9.17, 15) is 4.79 Å². The summed E-state index contributed by atoms with van der Waals surface area (Å²) < 4.78 is 11.4. The number of nitrogens with two attached hydrogens (primary N) is 1. The number of nitrogens with one attached hydrogen (secondary N) is 2. The van der Waals surface area contributed by atoms with E-state index >= 15 is 0 Å². The van der Waals surface area contributed by atoms with Crippen molar-refractivity contribution < 1.29 is 14.3 Å². The summed E-state index contributed by atoms with van der Waals surface area (Å²) in [7, 11) is 0. The van der Waals surface area contributed by atoms with Crippen molar-refractivity contribution in [3.63, 3.8) is 0 Å². The number of carbonyl (C=O) groups excluding carboxylic acids is 1. The number of fused-ring (bicyclic) bond motifs is 3. The van der Waals surface area contributed by atoms with Crippen LogP contribution >= 0.6 is 0 Å². The minimum absolute atomic E-state index is 0.0959. The first-order chi connectivity index (χ1) is 13.1. The molecular weight excluding hydrogens is 344 g/mol. The molecule has 4 N–H and O–H groups in total. The maximum absolute atomic E-state index is 12.7. The molecule has 4 fully saturated rings. The smallest absolute Gasteiger partial charge is 0.270 e. The average molecular weight is 372 g/mol. The summed E-state index contributed by atoms with van der Waals surface area (Å²) in [6, 6.07) is 5.35. The van der Waals surface area contributed by atoms with Crippen molar-refractivity contribution in [1.82, 2.24) is 10.2 Å². The van der Waals surface area contributed by atoms with Crippen molar-refractivity contribution >= 4 is 17.3 Å². The molecule has 1 atom stereocenters. The molecule has 27 heavy (non-hydrogen) atoms. The van der Waals surface area contributed by atoms with E-state index in [2.05, 4.69) is 10.2 Å². The number of nitrogen functional groups attached to an aromatic ring is 1. The highest BCUT2D eigenvalue weighted by atomic mass is 16.5. The van der Waals surface area contributed by atoms with Gasteiger partial charge in [-0.1, -0.05) is 0 Å². The van der Waals surface area contributed by atoms with Crippen LogP contribution < -0.4 is 15.8 Å². The molecule has 4 aliphatic rings. The lowest BCUT2D eigenvalue weighted by Gasteiger charge is -2.44. The highest BCUT2D eigenvalue weighted by Crippen LogP contribution is 2.28. The molecule has 0 spiro atoms. The topological polar surface area (TPSA) is 101 Å². The number of anilines is 1. The molecule has 0 aromatic heterocycles. The van der Waals surface area contributed by atoms with Crippen LogP contribution in [0.25, 0.3) is 0 Å². The van der Waals surface area contributed by atoms with E-state index < -0.39 is 0 Å². The number of rotatable bonds is 5. The van der Waals surface area contributed by atoms with Crippen molar-refractivity contribution in [2.75, 3.05) is 38.6 Å². The summed E-state index contributed by atoms with van der Waals surface area (Å²) in [6.45, 7) is 4.51. The zero-order valence-electron chi connectivity index (χ0n) is 15.6. The molecule has 0 saturated carbocycles. The standard InChI is InChI=1S/C20H28N4O3/c21-17-2-1-15(27-14-5-9-26-10-6-14)11-16(17)19(22)20(25)23-18-12-24-7-3-13(18)4-8-24/h1-2,11,13-14,18,22H,3-10,12,21H2,(H,23,25)/t18-/m0/s1. The van der Waals surface area contributed by atoms with E-state index in [0.29, 0.717) is 36.1 Å². The highest BCUT2D eigenvalue weighted by molar-refractivity contribution is 6.45. The Bertz CT molecular complexity index is 709. The quantitative estimate of drug-likeness (QED) is 0.536. The highest BCUT2D eigenvalue weighted by Gasteiger charge is 2.35. The van der Waals surface area contributed by atoms with Gasteiger partial charge in [-0.15, -0.1) is 0 Å². The van der Waals surface area contributed by atoms with Crippen molar-refractivity contribution in [2.24, 2.45) is 5.92 Å². The molecule has 4 heterocycles. The van der Waals surface area contributed by atoms with Crippen molar-refractivity contribution in [2.45, 2.75) is 37.8 Å². The average Bonchev–Trinajstić information content (AvgIpc) is 2.70. The van der Waals surface area contributed by atoms with E-state index in [1.165, 1.54) is 0 Å². The van der Waals surface area contributed by atoms with E-state index in [-0.39, 0.29) is 23.8 Å². The lowest BCUT2D eigenvalue weighted by molar-refractivity contribution is -0.116. The predicted octanol–water partition coefficient (Wildman–Crippen LogP) is 1.40. The van der Waals surface area contributed by atoms with Gasteiger partial charge in [0.25, 0.3) is 5.91 Å². The van der Waals surface area contributed by atoms with Gasteiger partial charge in [0.15, 0.2) is 0 Å². The summed E-state index contributed by atoms with van der Waals surface area (Å²) in [6.07, 6.45) is 4.03. The van der Waals surface area contributed by atoms with Gasteiger partial charge in [-0.3, -0.25) is 10.2 Å². The zero-order chi connectivity index (χ0) is 18.8. The van der Waals surface area contributed by atoms with Crippen LogP contribution in [0.3, 0.4) is 0 Å². The van der Waals surface area contributed by atoms with Crippen LogP contribution in [0.1, 0.15) is 31.2 Å². The second-order valence-electron chi connectivity index (χ2n) is 7.77. The normalized spacial score (nSPS) is 27.9. The molecule has 4 aliphatic heterocycles. The summed E-state index contributed by atoms with van der Waals surface area (Å²) >= 11 is 0. The van der Waals surface area contributed by atoms with Gasteiger partial charge in [0.2, 0.25) is 0 Å². The van der Waals surface area contributed by atoms with Gasteiger partial charge in [-0.05, 0) is 50.0 Å². The molecule has 1 aromatic carbocycles. The molecule has 0 radical (unpaired) electrons. The fourth-order valence-electron chi connectivity index (χ4n) is 4.30. The molecule has 0 aliphatic carbocycles. The third kappa shape index (κ3) is 4.09. The number of piperidine rings is 3. The Balaban J connectivity index is 1.42. The summed E-state index contributed by atoms with van der Waals surface area (Å²) in [5.74, 6) is 0.808. The van der Waals surface area contributed by atoms with Crippen LogP contribution in [0.4, 0.5) is 5.69 Å². The minimum Gasteiger partial charge on any atom is -0.490 e. The molecule has 146 valence electrons. The van der Waals surface area contributed by atoms with Crippen LogP contribution in [0, 0.1) is 11.3 Å². The number of hydrogen-bond acceptors (Lipinski definition) is 6. The Hall–Kier alpha value is -2.12. The fraction of sp³-hybridized carbons (Fsp3) is 0.600. The Morgan fingerprint density at radius 1 is 1.22 bits per heavy atom. The van der Waals surface area contributed by atoms with E-state index in [4.69, 9.17) is 20.6 Å². The van der Waals surface area contributed by atoms with Gasteiger partial charge in [-0.25, -0.2) is 0 Å². The summed E-state index contributed by atoms with van der Waals surface area (Å²) in [5.41, 5.74) is 6.80. The fourth-order valence-corrected chi connectivity index (χ4v) is 4.30. The SMILES string of the molecule is N=C(C(=O)N[C@H]1CN2CCC1CC2)c1cc(OC2CCOCC2)ccc1N. The number of carbonyl (C=O) groups is 1. The molecular formula is C20H28N4O3. The minimum atomic E-state index is -0.358. The van der Waals surface area contributed by atoms with Crippen LogP contribution in [-0.4, -0.2) is 61.5 Å². The van der Waals surface area contributed by atoms with Gasteiger partial charge >= 0.3 is 0 Å². The largest absolute Gasteiger partial charge is 0.490 e. The van der Waals surface area contributed by atoms with Gasteiger partial charge in [0, 0.05) is 36.7 Å². The van der Waals surface area contributed by atoms with Crippen LogP contribution in [0.2, 0.25) is 0 Å². The molecule has 1 amide bonds. The van der Waals surface area contributed by atoms with Crippen molar-refractivity contribution in [3.05, 3.63) is 23.8 Å². The van der Waals surface area contributed by atoms with Gasteiger partial charge < -0.3 is 25.4 Å². The number of ether oxygens (including phenoxy) is 2. The van der Waals surface area contributed by atoms with Crippen molar-refractivity contribution in [3.8, 4) is 5.75 Å². The molecule has 7 nitrogen and oxygen atoms in total. The molecule has 1 aromatic rings. The Morgan fingerprint density at radius 2 is 1.96 bits per heavy atom. The van der Waals surface area contributed by atoms with E-state index in [1.807, 2.05) is 0 Å². The Labute approximate surface area is 159 Å². The molecule has 4 saturated heterocycles. The molecule has 5 rings (SSSR count). The molecule has 7 heteroatoms. The first-order valence-electron chi connectivity index (χ1n) is 9.86. The molecule has 2 bridgehead atoms.